The third kappa shape index (κ3) is 5.01. The lowest BCUT2D eigenvalue weighted by Crippen LogP contribution is -2.28. The average Bonchev–Trinajstić information content (AvgIpc) is 3.15. The van der Waals surface area contributed by atoms with E-state index in [0.717, 1.165) is 11.3 Å². The Hall–Kier alpha value is -3.06. The summed E-state index contributed by atoms with van der Waals surface area (Å²) in [5, 5.41) is 8.80. The maximum Gasteiger partial charge on any atom is 0.226 e. The first kappa shape index (κ1) is 19.7. The van der Waals surface area contributed by atoms with Crippen LogP contribution in [-0.4, -0.2) is 25.1 Å². The van der Waals surface area contributed by atoms with E-state index in [4.69, 9.17) is 9.47 Å². The van der Waals surface area contributed by atoms with Gasteiger partial charge in [-0.15, -0.1) is 11.3 Å². The third-order valence-corrected chi connectivity index (χ3v) is 5.03. The van der Waals surface area contributed by atoms with Crippen LogP contribution in [0.5, 0.6) is 11.5 Å². The van der Waals surface area contributed by atoms with E-state index in [-0.39, 0.29) is 18.4 Å². The van der Waals surface area contributed by atoms with E-state index in [1.54, 1.807) is 14.2 Å². The van der Waals surface area contributed by atoms with Gasteiger partial charge in [-0.25, -0.2) is 4.98 Å². The molecule has 7 heteroatoms. The van der Waals surface area contributed by atoms with Crippen molar-refractivity contribution < 1.29 is 14.3 Å². The van der Waals surface area contributed by atoms with Gasteiger partial charge in [-0.3, -0.25) is 4.79 Å². The molecule has 0 spiro atoms. The molecule has 0 aliphatic rings. The summed E-state index contributed by atoms with van der Waals surface area (Å²) >= 11 is 1.44. The zero-order chi connectivity index (χ0) is 19.9. The maximum atomic E-state index is 12.3. The predicted molar refractivity (Wildman–Crippen MR) is 112 cm³/mol. The maximum absolute atomic E-state index is 12.3. The zero-order valence-corrected chi connectivity index (χ0v) is 16.9. The molecule has 0 radical (unpaired) electrons. The van der Waals surface area contributed by atoms with Gasteiger partial charge in [0.05, 0.1) is 38.1 Å². The molecule has 1 aromatic heterocycles. The largest absolute Gasteiger partial charge is 0.497 e. The first-order valence-corrected chi connectivity index (χ1v) is 9.74. The summed E-state index contributed by atoms with van der Waals surface area (Å²) < 4.78 is 10.6. The highest BCUT2D eigenvalue weighted by molar-refractivity contribution is 7.13. The van der Waals surface area contributed by atoms with E-state index in [9.17, 15) is 4.79 Å². The highest BCUT2D eigenvalue weighted by atomic mass is 32.1. The van der Waals surface area contributed by atoms with E-state index in [2.05, 4.69) is 15.6 Å². The van der Waals surface area contributed by atoms with E-state index in [0.29, 0.717) is 22.3 Å². The smallest absolute Gasteiger partial charge is 0.226 e. The number of carbonyl (C=O) groups is 1. The molecule has 0 saturated carbocycles. The number of carbonyl (C=O) groups excluding carboxylic acids is 1. The quantitative estimate of drug-likeness (QED) is 0.592. The second-order valence-electron chi connectivity index (χ2n) is 6.21. The molecule has 1 heterocycles. The number of rotatable bonds is 8. The minimum absolute atomic E-state index is 0.0500. The Morgan fingerprint density at radius 3 is 2.64 bits per heavy atom. The highest BCUT2D eigenvalue weighted by Gasteiger charge is 2.13. The first-order chi connectivity index (χ1) is 13.6. The van der Waals surface area contributed by atoms with Gasteiger partial charge in [0.25, 0.3) is 0 Å². The Morgan fingerprint density at radius 2 is 1.93 bits per heavy atom. The Bertz CT molecular complexity index is 928. The fourth-order valence-electron chi connectivity index (χ4n) is 2.75. The van der Waals surface area contributed by atoms with E-state index >= 15 is 0 Å². The molecule has 1 amide bonds. The normalized spacial score (nSPS) is 11.5. The first-order valence-electron chi connectivity index (χ1n) is 8.87. The Morgan fingerprint density at radius 1 is 1.14 bits per heavy atom. The van der Waals surface area contributed by atoms with Gasteiger partial charge in [-0.1, -0.05) is 30.3 Å². The van der Waals surface area contributed by atoms with Crippen molar-refractivity contribution in [2.45, 2.75) is 19.4 Å². The van der Waals surface area contributed by atoms with Crippen LogP contribution >= 0.6 is 11.3 Å². The fraction of sp³-hybridized carbons (Fsp3) is 0.238. The SMILES string of the molecule is COc1ccc(OC)c(Nc2nc(CC(=O)NC(C)c3ccccc3)cs2)c1. The summed E-state index contributed by atoms with van der Waals surface area (Å²) in [6, 6.07) is 15.3. The van der Waals surface area contributed by atoms with Crippen molar-refractivity contribution in [3.8, 4) is 11.5 Å². The zero-order valence-electron chi connectivity index (χ0n) is 16.1. The number of hydrogen-bond acceptors (Lipinski definition) is 6. The number of nitrogens with one attached hydrogen (secondary N) is 2. The summed E-state index contributed by atoms with van der Waals surface area (Å²) in [4.78, 5) is 16.9. The van der Waals surface area contributed by atoms with Crippen molar-refractivity contribution in [2.75, 3.05) is 19.5 Å². The van der Waals surface area contributed by atoms with Crippen LogP contribution in [0.4, 0.5) is 10.8 Å². The minimum atomic E-state index is -0.0628. The second kappa shape index (κ2) is 9.23. The topological polar surface area (TPSA) is 72.5 Å². The lowest BCUT2D eigenvalue weighted by Gasteiger charge is -2.13. The molecule has 2 aromatic carbocycles. The summed E-state index contributed by atoms with van der Waals surface area (Å²) in [5.41, 5.74) is 2.54. The fourth-order valence-corrected chi connectivity index (χ4v) is 3.48. The number of thiazole rings is 1. The molecule has 0 aliphatic carbocycles. The van der Waals surface area contributed by atoms with Gasteiger partial charge in [0.2, 0.25) is 5.91 Å². The molecule has 1 atom stereocenters. The summed E-state index contributed by atoms with van der Waals surface area (Å²) in [6.45, 7) is 1.97. The standard InChI is InChI=1S/C21H23N3O3S/c1-14(15-7-5-4-6-8-15)22-20(25)11-16-13-28-21(23-16)24-18-12-17(26-2)9-10-19(18)27-3/h4-10,12-14H,11H2,1-3H3,(H,22,25)(H,23,24). The van der Waals surface area contributed by atoms with Crippen molar-refractivity contribution in [3.05, 3.63) is 65.2 Å². The Labute approximate surface area is 168 Å². The lowest BCUT2D eigenvalue weighted by atomic mass is 10.1. The van der Waals surface area contributed by atoms with Crippen molar-refractivity contribution in [1.29, 1.82) is 0 Å². The van der Waals surface area contributed by atoms with Crippen LogP contribution in [0.2, 0.25) is 0 Å². The molecule has 3 aromatic rings. The van der Waals surface area contributed by atoms with Gasteiger partial charge in [0.1, 0.15) is 11.5 Å². The number of amides is 1. The molecule has 0 saturated heterocycles. The minimum Gasteiger partial charge on any atom is -0.497 e. The molecular formula is C21H23N3O3S. The van der Waals surface area contributed by atoms with Gasteiger partial charge in [-0.2, -0.15) is 0 Å². The van der Waals surface area contributed by atoms with Gasteiger partial charge in [0.15, 0.2) is 5.13 Å². The van der Waals surface area contributed by atoms with Crippen molar-refractivity contribution in [1.82, 2.24) is 10.3 Å². The molecule has 2 N–H and O–H groups in total. The second-order valence-corrected chi connectivity index (χ2v) is 7.07. The van der Waals surface area contributed by atoms with Crippen LogP contribution in [0.3, 0.4) is 0 Å². The molecular weight excluding hydrogens is 374 g/mol. The number of aromatic nitrogens is 1. The lowest BCUT2D eigenvalue weighted by molar-refractivity contribution is -0.121. The monoisotopic (exact) mass is 397 g/mol. The molecule has 28 heavy (non-hydrogen) atoms. The number of nitrogens with zero attached hydrogens (tertiary/aromatic N) is 1. The van der Waals surface area contributed by atoms with Crippen LogP contribution in [0.15, 0.2) is 53.9 Å². The average molecular weight is 398 g/mol. The van der Waals surface area contributed by atoms with E-state index < -0.39 is 0 Å². The number of methoxy groups -OCH3 is 2. The Kier molecular flexibility index (Phi) is 6.49. The molecule has 146 valence electrons. The molecule has 6 nitrogen and oxygen atoms in total. The summed E-state index contributed by atoms with van der Waals surface area (Å²) in [5.74, 6) is 1.34. The Balaban J connectivity index is 1.62. The predicted octanol–water partition coefficient (Wildman–Crippen LogP) is 4.32. The van der Waals surface area contributed by atoms with Crippen LogP contribution in [0.1, 0.15) is 24.2 Å². The van der Waals surface area contributed by atoms with E-state index in [1.165, 1.54) is 11.3 Å². The number of benzene rings is 2. The molecule has 0 aliphatic heterocycles. The molecule has 0 fully saturated rings. The van der Waals surface area contributed by atoms with Gasteiger partial charge >= 0.3 is 0 Å². The van der Waals surface area contributed by atoms with Crippen LogP contribution in [0, 0.1) is 0 Å². The summed E-state index contributed by atoms with van der Waals surface area (Å²) in [6.07, 6.45) is 0.227. The third-order valence-electron chi connectivity index (χ3n) is 4.22. The van der Waals surface area contributed by atoms with Gasteiger partial charge < -0.3 is 20.1 Å². The van der Waals surface area contributed by atoms with Gasteiger partial charge in [0, 0.05) is 11.4 Å². The van der Waals surface area contributed by atoms with Gasteiger partial charge in [-0.05, 0) is 24.6 Å². The highest BCUT2D eigenvalue weighted by Crippen LogP contribution is 2.32. The number of ether oxygens (including phenoxy) is 2. The van der Waals surface area contributed by atoms with Crippen molar-refractivity contribution in [2.24, 2.45) is 0 Å². The number of anilines is 2. The molecule has 1 unspecified atom stereocenters. The number of hydrogen-bond donors (Lipinski definition) is 2. The van der Waals surface area contributed by atoms with Crippen LogP contribution in [-0.2, 0) is 11.2 Å². The van der Waals surface area contributed by atoms with Crippen LogP contribution in [0.25, 0.3) is 0 Å². The molecule has 3 rings (SSSR count). The molecule has 0 bridgehead atoms. The van der Waals surface area contributed by atoms with Crippen LogP contribution < -0.4 is 20.1 Å². The van der Waals surface area contributed by atoms with Crippen molar-refractivity contribution in [3.63, 3.8) is 0 Å². The van der Waals surface area contributed by atoms with Crippen molar-refractivity contribution >= 4 is 28.1 Å². The van der Waals surface area contributed by atoms with E-state index in [1.807, 2.05) is 60.8 Å². The summed E-state index contributed by atoms with van der Waals surface area (Å²) in [7, 11) is 3.22.